The molecule has 0 aliphatic carbocycles. The van der Waals surface area contributed by atoms with Crippen molar-refractivity contribution in [3.63, 3.8) is 0 Å². The average Bonchev–Trinajstić information content (AvgIpc) is 1.98. The zero-order valence-corrected chi connectivity index (χ0v) is 8.78. The summed E-state index contributed by atoms with van der Waals surface area (Å²) < 4.78 is -0.131. The molecule has 5 heteroatoms. The number of hydrogen-bond acceptors (Lipinski definition) is 2. The van der Waals surface area contributed by atoms with Gasteiger partial charge in [-0.2, -0.15) is 0 Å². The third kappa shape index (κ3) is 7.81. The van der Waals surface area contributed by atoms with Gasteiger partial charge in [0.1, 0.15) is 4.49 Å². The van der Waals surface area contributed by atoms with Gasteiger partial charge in [-0.1, -0.05) is 30.1 Å². The zero-order valence-electron chi connectivity index (χ0n) is 7.27. The van der Waals surface area contributed by atoms with Crippen molar-refractivity contribution in [3.8, 4) is 0 Å². The van der Waals surface area contributed by atoms with Gasteiger partial charge >= 0.3 is 0 Å². The lowest BCUT2D eigenvalue weighted by Gasteiger charge is -1.99. The van der Waals surface area contributed by atoms with E-state index in [4.69, 9.17) is 23.2 Å². The molecule has 0 aliphatic rings. The van der Waals surface area contributed by atoms with Crippen LogP contribution in [0.15, 0.2) is 10.6 Å². The molecule has 74 valence electrons. The van der Waals surface area contributed by atoms with Crippen LogP contribution < -0.4 is 5.32 Å². The summed E-state index contributed by atoms with van der Waals surface area (Å²) >= 11 is 10.5. The molecule has 1 amide bonds. The molecule has 0 radical (unpaired) electrons. The van der Waals surface area contributed by atoms with Gasteiger partial charge < -0.3 is 5.32 Å². The molecule has 1 N–H and O–H groups in total. The standard InChI is InChI=1S/C8H11Cl2NO2/c1-2-3-11-8(13)5-6(12)4-7(9)10/h4H,2-3,5H2,1H3,(H,11,13). The summed E-state index contributed by atoms with van der Waals surface area (Å²) in [5.41, 5.74) is 0. The predicted octanol–water partition coefficient (Wildman–Crippen LogP) is 1.79. The third-order valence-corrected chi connectivity index (χ3v) is 1.40. The van der Waals surface area contributed by atoms with Crippen LogP contribution in [0.5, 0.6) is 0 Å². The van der Waals surface area contributed by atoms with Crippen LogP contribution in [0, 0.1) is 0 Å². The van der Waals surface area contributed by atoms with Crippen molar-refractivity contribution in [2.24, 2.45) is 0 Å². The Morgan fingerprint density at radius 1 is 1.38 bits per heavy atom. The lowest BCUT2D eigenvalue weighted by Crippen LogP contribution is -2.25. The van der Waals surface area contributed by atoms with E-state index in [1.165, 1.54) is 0 Å². The van der Waals surface area contributed by atoms with E-state index in [1.54, 1.807) is 0 Å². The fraction of sp³-hybridized carbons (Fsp3) is 0.500. The Kier molecular flexibility index (Phi) is 6.63. The first-order chi connectivity index (χ1) is 6.06. The van der Waals surface area contributed by atoms with Crippen molar-refractivity contribution in [3.05, 3.63) is 10.6 Å². The molecule has 0 rings (SSSR count). The molecule has 0 aliphatic heterocycles. The molecule has 3 nitrogen and oxygen atoms in total. The Morgan fingerprint density at radius 2 is 2.00 bits per heavy atom. The van der Waals surface area contributed by atoms with Gasteiger partial charge in [0.05, 0.1) is 6.42 Å². The van der Waals surface area contributed by atoms with Gasteiger partial charge in [-0.25, -0.2) is 0 Å². The number of rotatable bonds is 5. The lowest BCUT2D eigenvalue weighted by atomic mass is 10.2. The van der Waals surface area contributed by atoms with E-state index in [2.05, 4.69) is 5.32 Å². The highest BCUT2D eigenvalue weighted by atomic mass is 35.5. The van der Waals surface area contributed by atoms with Crippen LogP contribution in [-0.4, -0.2) is 18.2 Å². The minimum atomic E-state index is -0.395. The summed E-state index contributed by atoms with van der Waals surface area (Å²) in [6.45, 7) is 2.50. The maximum atomic E-state index is 10.9. The summed E-state index contributed by atoms with van der Waals surface area (Å²) in [6.07, 6.45) is 1.66. The maximum absolute atomic E-state index is 10.9. The van der Waals surface area contributed by atoms with E-state index >= 15 is 0 Å². The normalized spacial score (nSPS) is 9.15. The molecule has 0 aromatic rings. The molecule has 0 heterocycles. The average molecular weight is 224 g/mol. The Bertz CT molecular complexity index is 222. The molecule has 0 saturated carbocycles. The van der Waals surface area contributed by atoms with Gasteiger partial charge in [0.25, 0.3) is 0 Å². The van der Waals surface area contributed by atoms with E-state index in [1.807, 2.05) is 6.92 Å². The lowest BCUT2D eigenvalue weighted by molar-refractivity contribution is -0.126. The highest BCUT2D eigenvalue weighted by molar-refractivity contribution is 6.56. The molecule has 0 spiro atoms. The van der Waals surface area contributed by atoms with Crippen LogP contribution in [0.3, 0.4) is 0 Å². The molecule has 0 saturated heterocycles. The van der Waals surface area contributed by atoms with E-state index < -0.39 is 5.78 Å². The van der Waals surface area contributed by atoms with Crippen molar-refractivity contribution in [2.75, 3.05) is 6.54 Å². The smallest absolute Gasteiger partial charge is 0.227 e. The van der Waals surface area contributed by atoms with Crippen LogP contribution in [0.4, 0.5) is 0 Å². The van der Waals surface area contributed by atoms with Crippen LogP contribution in [-0.2, 0) is 9.59 Å². The van der Waals surface area contributed by atoms with Gasteiger partial charge in [0.15, 0.2) is 5.78 Å². The second-order valence-electron chi connectivity index (χ2n) is 2.43. The van der Waals surface area contributed by atoms with Crippen LogP contribution >= 0.6 is 23.2 Å². The van der Waals surface area contributed by atoms with E-state index in [-0.39, 0.29) is 16.8 Å². The second kappa shape index (κ2) is 6.92. The molecule has 0 aromatic heterocycles. The number of halogens is 2. The molecule has 0 aromatic carbocycles. The van der Waals surface area contributed by atoms with Gasteiger partial charge in [-0.3, -0.25) is 9.59 Å². The van der Waals surface area contributed by atoms with Crippen molar-refractivity contribution in [1.82, 2.24) is 5.32 Å². The summed E-state index contributed by atoms with van der Waals surface area (Å²) in [5.74, 6) is -0.703. The third-order valence-electron chi connectivity index (χ3n) is 1.18. The number of ketones is 1. The first kappa shape index (κ1) is 12.5. The van der Waals surface area contributed by atoms with Gasteiger partial charge in [0.2, 0.25) is 5.91 Å². The van der Waals surface area contributed by atoms with Gasteiger partial charge in [0, 0.05) is 12.6 Å². The fourth-order valence-electron chi connectivity index (χ4n) is 0.658. The van der Waals surface area contributed by atoms with Crippen LogP contribution in [0.25, 0.3) is 0 Å². The molecule has 0 unspecified atom stereocenters. The molecule has 13 heavy (non-hydrogen) atoms. The van der Waals surface area contributed by atoms with Crippen molar-refractivity contribution in [1.29, 1.82) is 0 Å². The first-order valence-corrected chi connectivity index (χ1v) is 4.64. The summed E-state index contributed by atoms with van der Waals surface area (Å²) in [5, 5.41) is 2.56. The topological polar surface area (TPSA) is 46.2 Å². The monoisotopic (exact) mass is 223 g/mol. The molecule has 0 fully saturated rings. The summed E-state index contributed by atoms with van der Waals surface area (Å²) in [7, 11) is 0. The van der Waals surface area contributed by atoms with Gasteiger partial charge in [-0.15, -0.1) is 0 Å². The zero-order chi connectivity index (χ0) is 10.3. The van der Waals surface area contributed by atoms with Crippen molar-refractivity contribution < 1.29 is 9.59 Å². The fourth-order valence-corrected chi connectivity index (χ4v) is 0.901. The molecular weight excluding hydrogens is 213 g/mol. The number of carbonyl (C=O) groups excluding carboxylic acids is 2. The summed E-state index contributed by atoms with van der Waals surface area (Å²) in [4.78, 5) is 21.9. The minimum Gasteiger partial charge on any atom is -0.356 e. The van der Waals surface area contributed by atoms with Crippen molar-refractivity contribution in [2.45, 2.75) is 19.8 Å². The van der Waals surface area contributed by atoms with Crippen molar-refractivity contribution >= 4 is 34.9 Å². The SMILES string of the molecule is CCCNC(=O)CC(=O)C=C(Cl)Cl. The van der Waals surface area contributed by atoms with Crippen LogP contribution in [0.2, 0.25) is 0 Å². The first-order valence-electron chi connectivity index (χ1n) is 3.88. The molecular formula is C8H11Cl2NO2. The minimum absolute atomic E-state index is 0.131. The molecule has 0 atom stereocenters. The number of nitrogens with one attached hydrogen (secondary N) is 1. The predicted molar refractivity (Wildman–Crippen MR) is 52.7 cm³/mol. The van der Waals surface area contributed by atoms with E-state index in [0.29, 0.717) is 6.54 Å². The number of amides is 1. The number of hydrogen-bond donors (Lipinski definition) is 1. The quantitative estimate of drug-likeness (QED) is 0.571. The second-order valence-corrected chi connectivity index (χ2v) is 3.43. The maximum Gasteiger partial charge on any atom is 0.227 e. The van der Waals surface area contributed by atoms with E-state index in [0.717, 1.165) is 12.5 Å². The highest BCUT2D eigenvalue weighted by Gasteiger charge is 2.06. The van der Waals surface area contributed by atoms with Gasteiger partial charge in [-0.05, 0) is 6.42 Å². The number of carbonyl (C=O) groups is 2. The Labute approximate surface area is 87.1 Å². The Balaban J connectivity index is 3.79. The highest BCUT2D eigenvalue weighted by Crippen LogP contribution is 2.06. The number of allylic oxidation sites excluding steroid dienone is 1. The van der Waals surface area contributed by atoms with Crippen LogP contribution in [0.1, 0.15) is 19.8 Å². The Hall–Kier alpha value is -0.540. The van der Waals surface area contributed by atoms with E-state index in [9.17, 15) is 9.59 Å². The molecule has 0 bridgehead atoms. The Morgan fingerprint density at radius 3 is 2.46 bits per heavy atom. The summed E-state index contributed by atoms with van der Waals surface area (Å²) in [6, 6.07) is 0. The largest absolute Gasteiger partial charge is 0.356 e.